The number of piperidine rings is 1. The first kappa shape index (κ1) is 15.1. The van der Waals surface area contributed by atoms with Gasteiger partial charge in [-0.2, -0.15) is 0 Å². The maximum absolute atomic E-state index is 9.89. The van der Waals surface area contributed by atoms with E-state index in [1.807, 2.05) is 12.1 Å². The number of aromatic nitrogens is 1. The highest BCUT2D eigenvalue weighted by molar-refractivity contribution is 6.31. The first-order chi connectivity index (χ1) is 10.2. The van der Waals surface area contributed by atoms with E-state index in [9.17, 15) is 5.11 Å². The molecule has 2 bridgehead atoms. The summed E-state index contributed by atoms with van der Waals surface area (Å²) in [4.78, 5) is 7.16. The number of halogens is 1. The number of hydrogen-bond acceptors (Lipinski definition) is 4. The van der Waals surface area contributed by atoms with Crippen molar-refractivity contribution in [1.82, 2.24) is 9.88 Å². The molecule has 2 atom stereocenters. The van der Waals surface area contributed by atoms with E-state index in [1.54, 1.807) is 0 Å². The molecule has 1 aromatic rings. The summed E-state index contributed by atoms with van der Waals surface area (Å²) >= 11 is 6.33. The van der Waals surface area contributed by atoms with E-state index < -0.39 is 0 Å². The minimum Gasteiger partial charge on any atom is -0.393 e. The predicted molar refractivity (Wildman–Crippen MR) is 85.6 cm³/mol. The van der Waals surface area contributed by atoms with E-state index in [4.69, 9.17) is 11.6 Å². The lowest BCUT2D eigenvalue weighted by molar-refractivity contribution is 0.0304. The zero-order chi connectivity index (χ0) is 14.8. The van der Waals surface area contributed by atoms with Crippen molar-refractivity contribution in [1.29, 1.82) is 0 Å². The van der Waals surface area contributed by atoms with Crippen LogP contribution in [0.2, 0.25) is 5.02 Å². The molecular formula is C16H24ClN3O. The van der Waals surface area contributed by atoms with Crippen LogP contribution in [0, 0.1) is 0 Å². The summed E-state index contributed by atoms with van der Waals surface area (Å²) in [5, 5.41) is 13.9. The third-order valence-corrected chi connectivity index (χ3v) is 5.01. The smallest absolute Gasteiger partial charge is 0.126 e. The van der Waals surface area contributed by atoms with E-state index in [2.05, 4.69) is 22.1 Å². The number of fused-ring (bicyclic) bond motifs is 2. The van der Waals surface area contributed by atoms with Crippen molar-refractivity contribution in [2.24, 2.45) is 0 Å². The molecule has 21 heavy (non-hydrogen) atoms. The largest absolute Gasteiger partial charge is 0.393 e. The fourth-order valence-corrected chi connectivity index (χ4v) is 3.79. The Morgan fingerprint density at radius 1 is 1.33 bits per heavy atom. The Balaban J connectivity index is 1.72. The number of aliphatic hydroxyl groups is 1. The minimum atomic E-state index is -0.125. The second kappa shape index (κ2) is 6.51. The molecule has 116 valence electrons. The number of aliphatic hydroxyl groups excluding tert-OH is 1. The summed E-state index contributed by atoms with van der Waals surface area (Å²) in [6.45, 7) is 3.86. The van der Waals surface area contributed by atoms with Crippen LogP contribution in [0.15, 0.2) is 12.1 Å². The van der Waals surface area contributed by atoms with Gasteiger partial charge in [-0.05, 0) is 44.2 Å². The van der Waals surface area contributed by atoms with Gasteiger partial charge in [0, 0.05) is 25.2 Å². The molecule has 2 aliphatic heterocycles. The summed E-state index contributed by atoms with van der Waals surface area (Å²) in [6, 6.07) is 4.85. The number of nitrogens with zero attached hydrogens (tertiary/aromatic N) is 2. The molecule has 0 spiro atoms. The van der Waals surface area contributed by atoms with Crippen LogP contribution in [0.5, 0.6) is 0 Å². The Bertz CT molecular complexity index is 482. The van der Waals surface area contributed by atoms with Crippen LogP contribution in [-0.4, -0.2) is 39.7 Å². The molecule has 1 aromatic heterocycles. The van der Waals surface area contributed by atoms with E-state index >= 15 is 0 Å². The topological polar surface area (TPSA) is 48.4 Å². The van der Waals surface area contributed by atoms with Crippen LogP contribution in [0.1, 0.15) is 44.7 Å². The molecule has 5 heteroatoms. The number of rotatable bonds is 5. The van der Waals surface area contributed by atoms with Crippen molar-refractivity contribution in [3.05, 3.63) is 22.8 Å². The fourth-order valence-electron chi connectivity index (χ4n) is 3.62. The molecule has 2 N–H and O–H groups in total. The van der Waals surface area contributed by atoms with E-state index in [-0.39, 0.29) is 6.10 Å². The molecule has 2 unspecified atom stereocenters. The molecule has 0 radical (unpaired) electrons. The zero-order valence-corrected chi connectivity index (χ0v) is 13.3. The van der Waals surface area contributed by atoms with Crippen LogP contribution in [0.4, 0.5) is 5.82 Å². The molecular weight excluding hydrogens is 286 g/mol. The van der Waals surface area contributed by atoms with Crippen LogP contribution in [0.25, 0.3) is 0 Å². The summed E-state index contributed by atoms with van der Waals surface area (Å²) in [6.07, 6.45) is 5.11. The molecule has 0 saturated carbocycles. The fraction of sp³-hybridized carbons (Fsp3) is 0.688. The quantitative estimate of drug-likeness (QED) is 0.877. The molecule has 2 aliphatic rings. The normalized spacial score (nSPS) is 28.8. The molecule has 0 aromatic carbocycles. The van der Waals surface area contributed by atoms with Gasteiger partial charge in [0.2, 0.25) is 0 Å². The lowest BCUT2D eigenvalue weighted by Crippen LogP contribution is -2.44. The monoisotopic (exact) mass is 309 g/mol. The Hall–Kier alpha value is -0.840. The highest BCUT2D eigenvalue weighted by atomic mass is 35.5. The SMILES string of the molecule is CCCNc1ccc(Cl)c(CN2C3CCC2CC(O)C3)n1. The zero-order valence-electron chi connectivity index (χ0n) is 12.6. The van der Waals surface area contributed by atoms with Crippen molar-refractivity contribution >= 4 is 17.4 Å². The van der Waals surface area contributed by atoms with Crippen molar-refractivity contribution in [3.63, 3.8) is 0 Å². The molecule has 0 amide bonds. The van der Waals surface area contributed by atoms with Gasteiger partial charge in [-0.1, -0.05) is 18.5 Å². The highest BCUT2D eigenvalue weighted by Crippen LogP contribution is 2.37. The van der Waals surface area contributed by atoms with Crippen molar-refractivity contribution < 1.29 is 5.11 Å². The van der Waals surface area contributed by atoms with E-state index in [0.717, 1.165) is 48.9 Å². The molecule has 4 nitrogen and oxygen atoms in total. The summed E-state index contributed by atoms with van der Waals surface area (Å²) in [5.74, 6) is 0.903. The average molecular weight is 310 g/mol. The number of anilines is 1. The van der Waals surface area contributed by atoms with Gasteiger partial charge >= 0.3 is 0 Å². The lowest BCUT2D eigenvalue weighted by Gasteiger charge is -2.37. The molecule has 0 aliphatic carbocycles. The maximum atomic E-state index is 9.89. The second-order valence-electron chi connectivity index (χ2n) is 6.23. The van der Waals surface area contributed by atoms with Crippen molar-refractivity contribution in [2.45, 2.75) is 63.8 Å². The number of pyridine rings is 1. The Kier molecular flexibility index (Phi) is 4.67. The van der Waals surface area contributed by atoms with Gasteiger partial charge in [0.05, 0.1) is 16.8 Å². The molecule has 3 heterocycles. The molecule has 3 rings (SSSR count). The number of nitrogens with one attached hydrogen (secondary N) is 1. The second-order valence-corrected chi connectivity index (χ2v) is 6.64. The third kappa shape index (κ3) is 3.33. The first-order valence-electron chi connectivity index (χ1n) is 8.00. The van der Waals surface area contributed by atoms with Gasteiger partial charge < -0.3 is 10.4 Å². The molecule has 2 fully saturated rings. The van der Waals surface area contributed by atoms with E-state index in [0.29, 0.717) is 12.1 Å². The minimum absolute atomic E-state index is 0.125. The van der Waals surface area contributed by atoms with Gasteiger partial charge in [0.1, 0.15) is 5.82 Å². The van der Waals surface area contributed by atoms with Crippen molar-refractivity contribution in [3.8, 4) is 0 Å². The van der Waals surface area contributed by atoms with Crippen LogP contribution < -0.4 is 5.32 Å². The first-order valence-corrected chi connectivity index (χ1v) is 8.38. The standard InChI is InChI=1S/C16H24ClN3O/c1-2-7-18-16-6-5-14(17)15(19-16)10-20-11-3-4-12(20)9-13(21)8-11/h5-6,11-13,21H,2-4,7-10H2,1H3,(H,18,19). The lowest BCUT2D eigenvalue weighted by atomic mass is 10.00. The van der Waals surface area contributed by atoms with Gasteiger partial charge in [-0.15, -0.1) is 0 Å². The van der Waals surface area contributed by atoms with Gasteiger partial charge in [0.15, 0.2) is 0 Å². The van der Waals surface area contributed by atoms with Gasteiger partial charge in [-0.25, -0.2) is 4.98 Å². The van der Waals surface area contributed by atoms with Crippen LogP contribution in [-0.2, 0) is 6.54 Å². The van der Waals surface area contributed by atoms with E-state index in [1.165, 1.54) is 12.8 Å². The van der Waals surface area contributed by atoms with Gasteiger partial charge in [-0.3, -0.25) is 4.90 Å². The molecule has 2 saturated heterocycles. The Labute approximate surface area is 131 Å². The Morgan fingerprint density at radius 2 is 2.05 bits per heavy atom. The summed E-state index contributed by atoms with van der Waals surface area (Å²) in [7, 11) is 0. The Morgan fingerprint density at radius 3 is 2.71 bits per heavy atom. The third-order valence-electron chi connectivity index (χ3n) is 4.67. The highest BCUT2D eigenvalue weighted by Gasteiger charge is 2.40. The summed E-state index contributed by atoms with van der Waals surface area (Å²) < 4.78 is 0. The maximum Gasteiger partial charge on any atom is 0.126 e. The van der Waals surface area contributed by atoms with Gasteiger partial charge in [0.25, 0.3) is 0 Å². The van der Waals surface area contributed by atoms with Crippen LogP contribution in [0.3, 0.4) is 0 Å². The average Bonchev–Trinajstić information content (AvgIpc) is 2.70. The number of hydrogen-bond donors (Lipinski definition) is 2. The van der Waals surface area contributed by atoms with Crippen LogP contribution >= 0.6 is 11.6 Å². The summed E-state index contributed by atoms with van der Waals surface area (Å²) in [5.41, 5.74) is 0.950. The predicted octanol–water partition coefficient (Wildman–Crippen LogP) is 3.04. The van der Waals surface area contributed by atoms with Crippen molar-refractivity contribution in [2.75, 3.05) is 11.9 Å².